The summed E-state index contributed by atoms with van der Waals surface area (Å²) in [7, 11) is 2.00. The molecule has 1 aromatic heterocycles. The number of hydrogen-bond donors (Lipinski definition) is 0. The topological polar surface area (TPSA) is 36.4 Å². The number of carbonyl (C=O) groups excluding carboxylic acids is 1. The van der Waals surface area contributed by atoms with Crippen LogP contribution in [-0.4, -0.2) is 52.9 Å². The molecule has 4 heteroatoms. The molecule has 1 amide bonds. The van der Waals surface area contributed by atoms with Gasteiger partial charge in [-0.1, -0.05) is 18.9 Å². The fraction of sp³-hybridized carbons (Fsp3) is 0.667. The number of amides is 1. The van der Waals surface area contributed by atoms with Gasteiger partial charge in [0.05, 0.1) is 6.42 Å². The average Bonchev–Trinajstić information content (AvgIpc) is 3.09. The van der Waals surface area contributed by atoms with E-state index in [1.165, 1.54) is 45.2 Å². The van der Waals surface area contributed by atoms with E-state index >= 15 is 0 Å². The maximum Gasteiger partial charge on any atom is 0.227 e. The lowest BCUT2D eigenvalue weighted by Gasteiger charge is -2.42. The Morgan fingerprint density at radius 3 is 2.77 bits per heavy atom. The Morgan fingerprint density at radius 1 is 1.27 bits per heavy atom. The molecule has 1 aliphatic heterocycles. The smallest absolute Gasteiger partial charge is 0.227 e. The minimum Gasteiger partial charge on any atom is -0.341 e. The van der Waals surface area contributed by atoms with Crippen molar-refractivity contribution in [3.63, 3.8) is 0 Å². The summed E-state index contributed by atoms with van der Waals surface area (Å²) in [5, 5.41) is 0. The van der Waals surface area contributed by atoms with E-state index in [4.69, 9.17) is 0 Å². The van der Waals surface area contributed by atoms with E-state index in [-0.39, 0.29) is 5.91 Å². The summed E-state index contributed by atoms with van der Waals surface area (Å²) < 4.78 is 0. The molecule has 0 bridgehead atoms. The van der Waals surface area contributed by atoms with Crippen molar-refractivity contribution in [1.29, 1.82) is 0 Å². The molecule has 2 aliphatic rings. The molecule has 2 heterocycles. The van der Waals surface area contributed by atoms with E-state index in [9.17, 15) is 4.79 Å². The van der Waals surface area contributed by atoms with Gasteiger partial charge in [0.25, 0.3) is 0 Å². The minimum absolute atomic E-state index is 0.226. The molecule has 2 fully saturated rings. The highest BCUT2D eigenvalue weighted by atomic mass is 16.2. The molecule has 3 rings (SSSR count). The molecular weight excluding hydrogens is 274 g/mol. The van der Waals surface area contributed by atoms with Crippen molar-refractivity contribution in [2.75, 3.05) is 20.1 Å². The lowest BCUT2D eigenvalue weighted by Crippen LogP contribution is -2.53. The summed E-state index contributed by atoms with van der Waals surface area (Å²) in [5.74, 6) is 0.226. The van der Waals surface area contributed by atoms with Crippen molar-refractivity contribution in [1.82, 2.24) is 14.8 Å². The van der Waals surface area contributed by atoms with Gasteiger partial charge in [0.1, 0.15) is 0 Å². The van der Waals surface area contributed by atoms with Gasteiger partial charge < -0.3 is 4.90 Å². The lowest BCUT2D eigenvalue weighted by atomic mass is 9.88. The Bertz CT molecular complexity index is 484. The van der Waals surface area contributed by atoms with Crippen LogP contribution in [0.2, 0.25) is 0 Å². The molecule has 0 N–H and O–H groups in total. The fourth-order valence-electron chi connectivity index (χ4n) is 4.03. The highest BCUT2D eigenvalue weighted by Gasteiger charge is 2.35. The third-order valence-corrected chi connectivity index (χ3v) is 5.27. The van der Waals surface area contributed by atoms with Gasteiger partial charge in [-0.05, 0) is 50.4 Å². The predicted molar refractivity (Wildman–Crippen MR) is 87.6 cm³/mol. The van der Waals surface area contributed by atoms with Crippen LogP contribution in [-0.2, 0) is 11.2 Å². The zero-order chi connectivity index (χ0) is 15.4. The molecule has 4 nitrogen and oxygen atoms in total. The highest BCUT2D eigenvalue weighted by Crippen LogP contribution is 2.29. The van der Waals surface area contributed by atoms with Gasteiger partial charge in [0, 0.05) is 31.5 Å². The monoisotopic (exact) mass is 301 g/mol. The molecular formula is C18H27N3O. The van der Waals surface area contributed by atoms with Crippen LogP contribution in [0.25, 0.3) is 0 Å². The number of pyridine rings is 1. The van der Waals surface area contributed by atoms with E-state index in [0.717, 1.165) is 12.0 Å². The van der Waals surface area contributed by atoms with Gasteiger partial charge in [-0.15, -0.1) is 0 Å². The largest absolute Gasteiger partial charge is 0.341 e. The van der Waals surface area contributed by atoms with E-state index in [1.807, 2.05) is 24.1 Å². The molecule has 1 saturated carbocycles. The van der Waals surface area contributed by atoms with Crippen LogP contribution in [0, 0.1) is 0 Å². The number of aromatic nitrogens is 1. The minimum atomic E-state index is 0.226. The first-order chi connectivity index (χ1) is 10.8. The van der Waals surface area contributed by atoms with Crippen molar-refractivity contribution >= 4 is 5.91 Å². The normalized spacial score (nSPS) is 26.0. The van der Waals surface area contributed by atoms with Gasteiger partial charge in [-0.25, -0.2) is 0 Å². The van der Waals surface area contributed by atoms with E-state index in [1.54, 1.807) is 12.4 Å². The van der Waals surface area contributed by atoms with Gasteiger partial charge >= 0.3 is 0 Å². The summed E-state index contributed by atoms with van der Waals surface area (Å²) in [6, 6.07) is 4.84. The molecule has 0 spiro atoms. The van der Waals surface area contributed by atoms with Crippen molar-refractivity contribution < 1.29 is 4.79 Å². The highest BCUT2D eigenvalue weighted by molar-refractivity contribution is 5.78. The van der Waals surface area contributed by atoms with Crippen LogP contribution in [0.4, 0.5) is 0 Å². The molecule has 1 aromatic rings. The molecule has 22 heavy (non-hydrogen) atoms. The quantitative estimate of drug-likeness (QED) is 0.857. The second-order valence-electron chi connectivity index (χ2n) is 6.70. The molecule has 0 aromatic carbocycles. The second kappa shape index (κ2) is 7.23. The van der Waals surface area contributed by atoms with Gasteiger partial charge in [-0.3, -0.25) is 14.7 Å². The molecule has 1 saturated heterocycles. The van der Waals surface area contributed by atoms with Crippen molar-refractivity contribution in [2.45, 2.75) is 57.0 Å². The molecule has 2 atom stereocenters. The molecule has 120 valence electrons. The maximum atomic E-state index is 12.7. The molecule has 0 unspecified atom stereocenters. The summed E-state index contributed by atoms with van der Waals surface area (Å²) in [5.41, 5.74) is 1.01. The first kappa shape index (κ1) is 15.5. The standard InChI is InChI=1S/C18H27N3O/c1-20(18(22)13-15-7-6-10-19-14-15)16-8-2-3-9-17(16)21-11-4-5-12-21/h6-7,10,14,16-17H,2-5,8-9,11-13H2,1H3/t16-,17+/m0/s1. The van der Waals surface area contributed by atoms with Crippen molar-refractivity contribution in [2.24, 2.45) is 0 Å². The summed E-state index contributed by atoms with van der Waals surface area (Å²) in [6.07, 6.45) is 11.6. The van der Waals surface area contributed by atoms with Gasteiger partial charge in [0.15, 0.2) is 0 Å². The Morgan fingerprint density at radius 2 is 2.05 bits per heavy atom. The number of likely N-dealkylation sites (N-methyl/N-ethyl adjacent to an activating group) is 1. The number of likely N-dealkylation sites (tertiary alicyclic amines) is 1. The second-order valence-corrected chi connectivity index (χ2v) is 6.70. The first-order valence-electron chi connectivity index (χ1n) is 8.64. The zero-order valence-corrected chi connectivity index (χ0v) is 13.6. The summed E-state index contributed by atoms with van der Waals surface area (Å²) >= 11 is 0. The van der Waals surface area contributed by atoms with Crippen LogP contribution in [0.15, 0.2) is 24.5 Å². The number of nitrogens with zero attached hydrogens (tertiary/aromatic N) is 3. The summed E-state index contributed by atoms with van der Waals surface area (Å²) in [6.45, 7) is 2.43. The van der Waals surface area contributed by atoms with E-state index in [0.29, 0.717) is 18.5 Å². The van der Waals surface area contributed by atoms with Crippen LogP contribution in [0.3, 0.4) is 0 Å². The maximum absolute atomic E-state index is 12.7. The Hall–Kier alpha value is -1.42. The zero-order valence-electron chi connectivity index (χ0n) is 13.6. The average molecular weight is 301 g/mol. The Balaban J connectivity index is 1.65. The van der Waals surface area contributed by atoms with Crippen molar-refractivity contribution in [3.8, 4) is 0 Å². The number of hydrogen-bond acceptors (Lipinski definition) is 3. The third kappa shape index (κ3) is 3.49. The Labute approximate surface area is 133 Å². The summed E-state index contributed by atoms with van der Waals surface area (Å²) in [4.78, 5) is 21.4. The predicted octanol–water partition coefficient (Wildman–Crippen LogP) is 2.49. The fourth-order valence-corrected chi connectivity index (χ4v) is 4.03. The lowest BCUT2D eigenvalue weighted by molar-refractivity contribution is -0.133. The Kier molecular flexibility index (Phi) is 5.08. The van der Waals surface area contributed by atoms with Gasteiger partial charge in [0.2, 0.25) is 5.91 Å². The SMILES string of the molecule is CN(C(=O)Cc1cccnc1)[C@H]1CCCC[C@H]1N1CCCC1. The third-order valence-electron chi connectivity index (χ3n) is 5.27. The van der Waals surface area contributed by atoms with Crippen LogP contribution < -0.4 is 0 Å². The molecule has 1 aliphatic carbocycles. The van der Waals surface area contributed by atoms with Crippen molar-refractivity contribution in [3.05, 3.63) is 30.1 Å². The van der Waals surface area contributed by atoms with Crippen LogP contribution >= 0.6 is 0 Å². The van der Waals surface area contributed by atoms with E-state index in [2.05, 4.69) is 9.88 Å². The van der Waals surface area contributed by atoms with E-state index < -0.39 is 0 Å². The van der Waals surface area contributed by atoms with Crippen LogP contribution in [0.5, 0.6) is 0 Å². The molecule has 0 radical (unpaired) electrons. The van der Waals surface area contributed by atoms with Gasteiger partial charge in [-0.2, -0.15) is 0 Å². The first-order valence-corrected chi connectivity index (χ1v) is 8.64. The van der Waals surface area contributed by atoms with Crippen LogP contribution in [0.1, 0.15) is 44.1 Å². The number of rotatable bonds is 4. The number of carbonyl (C=O) groups is 1.